The van der Waals surface area contributed by atoms with Crippen molar-refractivity contribution in [1.82, 2.24) is 9.78 Å². The van der Waals surface area contributed by atoms with Crippen molar-refractivity contribution in [3.05, 3.63) is 16.4 Å². The van der Waals surface area contributed by atoms with Crippen molar-refractivity contribution >= 4 is 11.6 Å². The van der Waals surface area contributed by atoms with Crippen LogP contribution in [0.2, 0.25) is 5.15 Å². The van der Waals surface area contributed by atoms with E-state index in [-0.39, 0.29) is 5.92 Å². The zero-order valence-corrected chi connectivity index (χ0v) is 11.3. The number of aryl methyl sites for hydroxylation is 1. The molecule has 1 atom stereocenters. The molecule has 0 aliphatic carbocycles. The molecule has 0 aliphatic heterocycles. The molecule has 0 radical (unpaired) electrons. The zero-order valence-electron chi connectivity index (χ0n) is 10.5. The number of aliphatic hydroxyl groups is 1. The SMILES string of the molecule is CCCCC(O)c1c(C(C)C)nn(C)c1Cl. The third kappa shape index (κ3) is 2.77. The Morgan fingerprint density at radius 2 is 2.06 bits per heavy atom. The zero-order chi connectivity index (χ0) is 12.3. The van der Waals surface area contributed by atoms with Gasteiger partial charge in [-0.1, -0.05) is 45.2 Å². The fourth-order valence-corrected chi connectivity index (χ4v) is 2.08. The van der Waals surface area contributed by atoms with Crippen molar-refractivity contribution in [2.75, 3.05) is 0 Å². The highest BCUT2D eigenvalue weighted by Crippen LogP contribution is 2.32. The van der Waals surface area contributed by atoms with E-state index in [1.54, 1.807) is 4.68 Å². The minimum atomic E-state index is -0.487. The molecule has 1 unspecified atom stereocenters. The van der Waals surface area contributed by atoms with Crippen molar-refractivity contribution in [2.45, 2.75) is 52.1 Å². The molecule has 0 saturated heterocycles. The summed E-state index contributed by atoms with van der Waals surface area (Å²) in [5.41, 5.74) is 1.73. The Bertz CT molecular complexity index is 347. The summed E-state index contributed by atoms with van der Waals surface area (Å²) in [5.74, 6) is 0.282. The molecule has 92 valence electrons. The quantitative estimate of drug-likeness (QED) is 0.862. The normalized spacial score (nSPS) is 13.4. The smallest absolute Gasteiger partial charge is 0.132 e. The third-order valence-corrected chi connectivity index (χ3v) is 3.20. The topological polar surface area (TPSA) is 38.1 Å². The molecule has 1 rings (SSSR count). The number of hydrogen-bond acceptors (Lipinski definition) is 2. The Morgan fingerprint density at radius 1 is 1.44 bits per heavy atom. The van der Waals surface area contributed by atoms with Gasteiger partial charge in [0.05, 0.1) is 11.8 Å². The van der Waals surface area contributed by atoms with Gasteiger partial charge in [0.25, 0.3) is 0 Å². The molecule has 0 aromatic carbocycles. The van der Waals surface area contributed by atoms with Crippen LogP contribution in [0.3, 0.4) is 0 Å². The summed E-state index contributed by atoms with van der Waals surface area (Å²) >= 11 is 6.17. The van der Waals surface area contributed by atoms with Gasteiger partial charge >= 0.3 is 0 Å². The van der Waals surface area contributed by atoms with Crippen molar-refractivity contribution in [3.63, 3.8) is 0 Å². The van der Waals surface area contributed by atoms with Gasteiger partial charge in [0.1, 0.15) is 5.15 Å². The monoisotopic (exact) mass is 244 g/mol. The molecule has 1 N–H and O–H groups in total. The van der Waals surface area contributed by atoms with Crippen LogP contribution in [0.5, 0.6) is 0 Å². The molecule has 0 fully saturated rings. The number of aliphatic hydroxyl groups excluding tert-OH is 1. The van der Waals surface area contributed by atoms with Gasteiger partial charge in [-0.15, -0.1) is 0 Å². The van der Waals surface area contributed by atoms with Crippen molar-refractivity contribution in [1.29, 1.82) is 0 Å². The van der Waals surface area contributed by atoms with E-state index < -0.39 is 6.10 Å². The van der Waals surface area contributed by atoms with E-state index in [9.17, 15) is 5.11 Å². The summed E-state index contributed by atoms with van der Waals surface area (Å²) in [4.78, 5) is 0. The van der Waals surface area contributed by atoms with Gasteiger partial charge in [-0.05, 0) is 12.3 Å². The Hall–Kier alpha value is -0.540. The number of nitrogens with zero attached hydrogens (tertiary/aromatic N) is 2. The van der Waals surface area contributed by atoms with Crippen LogP contribution in [0.25, 0.3) is 0 Å². The second kappa shape index (κ2) is 5.69. The lowest BCUT2D eigenvalue weighted by Crippen LogP contribution is -2.02. The lowest BCUT2D eigenvalue weighted by molar-refractivity contribution is 0.163. The molecular weight excluding hydrogens is 224 g/mol. The summed E-state index contributed by atoms with van der Waals surface area (Å²) < 4.78 is 1.64. The number of aromatic nitrogens is 2. The molecule has 4 heteroatoms. The van der Waals surface area contributed by atoms with Crippen molar-refractivity contribution < 1.29 is 5.11 Å². The average molecular weight is 245 g/mol. The number of unbranched alkanes of at least 4 members (excludes halogenated alkanes) is 1. The third-order valence-electron chi connectivity index (χ3n) is 2.75. The van der Waals surface area contributed by atoms with Crippen LogP contribution in [-0.2, 0) is 7.05 Å². The predicted octanol–water partition coefficient (Wildman–Crippen LogP) is 3.42. The number of rotatable bonds is 5. The molecular formula is C12H21ClN2O. The fraction of sp³-hybridized carbons (Fsp3) is 0.750. The minimum absolute atomic E-state index is 0.282. The molecule has 0 spiro atoms. The summed E-state index contributed by atoms with van der Waals surface area (Å²) in [6, 6.07) is 0. The van der Waals surface area contributed by atoms with E-state index in [2.05, 4.69) is 25.9 Å². The molecule has 0 bridgehead atoms. The summed E-state index contributed by atoms with van der Waals surface area (Å²) in [7, 11) is 1.81. The largest absolute Gasteiger partial charge is 0.388 e. The lowest BCUT2D eigenvalue weighted by atomic mass is 9.99. The second-order valence-corrected chi connectivity index (χ2v) is 4.88. The number of hydrogen-bond donors (Lipinski definition) is 1. The standard InChI is InChI=1S/C12H21ClN2O/c1-5-6-7-9(16)10-11(8(2)3)14-15(4)12(10)13/h8-9,16H,5-7H2,1-4H3. The minimum Gasteiger partial charge on any atom is -0.388 e. The summed E-state index contributed by atoms with van der Waals surface area (Å²) in [5, 5.41) is 15.1. The Labute approximate surface area is 102 Å². The van der Waals surface area contributed by atoms with Crippen LogP contribution in [0.15, 0.2) is 0 Å². The lowest BCUT2D eigenvalue weighted by Gasteiger charge is -2.12. The molecule has 16 heavy (non-hydrogen) atoms. The molecule has 0 saturated carbocycles. The van der Waals surface area contributed by atoms with E-state index in [4.69, 9.17) is 11.6 Å². The van der Waals surface area contributed by atoms with E-state index in [0.29, 0.717) is 5.15 Å². The predicted molar refractivity (Wildman–Crippen MR) is 66.8 cm³/mol. The van der Waals surface area contributed by atoms with Gasteiger partial charge in [-0.25, -0.2) is 0 Å². The molecule has 1 heterocycles. The first kappa shape index (κ1) is 13.5. The first-order chi connectivity index (χ1) is 7.49. The Balaban J connectivity index is 3.00. The number of halogens is 1. The average Bonchev–Trinajstić information content (AvgIpc) is 2.52. The Kier molecular flexibility index (Phi) is 4.81. The van der Waals surface area contributed by atoms with Crippen LogP contribution >= 0.6 is 11.6 Å². The van der Waals surface area contributed by atoms with Gasteiger partial charge in [-0.3, -0.25) is 4.68 Å². The second-order valence-electron chi connectivity index (χ2n) is 4.53. The summed E-state index contributed by atoms with van der Waals surface area (Å²) in [6.07, 6.45) is 2.34. The first-order valence-corrected chi connectivity index (χ1v) is 6.27. The van der Waals surface area contributed by atoms with Crippen LogP contribution in [-0.4, -0.2) is 14.9 Å². The fourth-order valence-electron chi connectivity index (χ4n) is 1.82. The maximum absolute atomic E-state index is 10.1. The van der Waals surface area contributed by atoms with Crippen LogP contribution < -0.4 is 0 Å². The van der Waals surface area contributed by atoms with Gasteiger partial charge in [-0.2, -0.15) is 5.10 Å². The molecule has 3 nitrogen and oxygen atoms in total. The highest BCUT2D eigenvalue weighted by molar-refractivity contribution is 6.30. The van der Waals surface area contributed by atoms with E-state index >= 15 is 0 Å². The molecule has 1 aromatic rings. The maximum atomic E-state index is 10.1. The van der Waals surface area contributed by atoms with E-state index in [1.165, 1.54) is 0 Å². The van der Waals surface area contributed by atoms with Gasteiger partial charge in [0, 0.05) is 12.6 Å². The van der Waals surface area contributed by atoms with Crippen LogP contribution in [0, 0.1) is 0 Å². The van der Waals surface area contributed by atoms with Crippen molar-refractivity contribution in [2.24, 2.45) is 7.05 Å². The highest BCUT2D eigenvalue weighted by Gasteiger charge is 2.22. The molecule has 0 aliphatic rings. The van der Waals surface area contributed by atoms with Crippen LogP contribution in [0.1, 0.15) is 63.3 Å². The maximum Gasteiger partial charge on any atom is 0.132 e. The molecule has 0 amide bonds. The van der Waals surface area contributed by atoms with Crippen LogP contribution in [0.4, 0.5) is 0 Å². The van der Waals surface area contributed by atoms with E-state index in [0.717, 1.165) is 30.5 Å². The first-order valence-electron chi connectivity index (χ1n) is 5.89. The van der Waals surface area contributed by atoms with E-state index in [1.807, 2.05) is 7.05 Å². The molecule has 1 aromatic heterocycles. The highest BCUT2D eigenvalue weighted by atomic mass is 35.5. The summed E-state index contributed by atoms with van der Waals surface area (Å²) in [6.45, 7) is 6.24. The van der Waals surface area contributed by atoms with Gasteiger partial charge in [0.15, 0.2) is 0 Å². The Morgan fingerprint density at radius 3 is 2.56 bits per heavy atom. The van der Waals surface area contributed by atoms with Crippen molar-refractivity contribution in [3.8, 4) is 0 Å². The van der Waals surface area contributed by atoms with Gasteiger partial charge < -0.3 is 5.11 Å². The van der Waals surface area contributed by atoms with Gasteiger partial charge in [0.2, 0.25) is 0 Å².